The minimum Gasteiger partial charge on any atom is -0.348 e. The number of rotatable bonds is 3. The first kappa shape index (κ1) is 18.5. The predicted octanol–water partition coefficient (Wildman–Crippen LogP) is 2.79. The van der Waals surface area contributed by atoms with Gasteiger partial charge in [0.15, 0.2) is 0 Å². The number of likely N-dealkylation sites (tertiary alicyclic amines) is 1. The lowest BCUT2D eigenvalue weighted by Gasteiger charge is -2.49. The van der Waals surface area contributed by atoms with Gasteiger partial charge in [0.05, 0.1) is 0 Å². The molecule has 146 valence electrons. The predicted molar refractivity (Wildman–Crippen MR) is 110 cm³/mol. The fourth-order valence-electron chi connectivity index (χ4n) is 4.86. The number of carbonyl (C=O) groups excluding carboxylic acids is 1. The Kier molecular flexibility index (Phi) is 4.99. The van der Waals surface area contributed by atoms with Gasteiger partial charge in [-0.1, -0.05) is 6.07 Å². The van der Waals surface area contributed by atoms with Crippen LogP contribution in [0.1, 0.15) is 31.7 Å². The molecule has 3 heterocycles. The van der Waals surface area contributed by atoms with Gasteiger partial charge in [0.25, 0.3) is 0 Å². The summed E-state index contributed by atoms with van der Waals surface area (Å²) in [4.78, 5) is 19.2. The van der Waals surface area contributed by atoms with Crippen molar-refractivity contribution >= 4 is 16.8 Å². The van der Waals surface area contributed by atoms with Crippen LogP contribution < -0.4 is 0 Å². The van der Waals surface area contributed by atoms with Gasteiger partial charge >= 0.3 is 0 Å². The summed E-state index contributed by atoms with van der Waals surface area (Å²) in [6.07, 6.45) is 4.89. The van der Waals surface area contributed by atoms with E-state index in [4.69, 9.17) is 0 Å². The summed E-state index contributed by atoms with van der Waals surface area (Å²) in [7, 11) is 4.19. The van der Waals surface area contributed by atoms with E-state index in [0.29, 0.717) is 12.3 Å². The summed E-state index contributed by atoms with van der Waals surface area (Å²) in [6.45, 7) is 8.28. The molecule has 4 rings (SSSR count). The fourth-order valence-corrected chi connectivity index (χ4v) is 4.86. The first-order valence-electron chi connectivity index (χ1n) is 10.3. The highest BCUT2D eigenvalue weighted by atomic mass is 16.2. The fraction of sp³-hybridized carbons (Fsp3) is 0.591. The first-order chi connectivity index (χ1) is 13.0. The first-order valence-corrected chi connectivity index (χ1v) is 10.3. The van der Waals surface area contributed by atoms with Gasteiger partial charge in [-0.15, -0.1) is 0 Å². The lowest BCUT2D eigenvalue weighted by Crippen LogP contribution is -2.60. The van der Waals surface area contributed by atoms with E-state index in [2.05, 4.69) is 58.8 Å². The molecule has 2 fully saturated rings. The van der Waals surface area contributed by atoms with Crippen molar-refractivity contribution in [2.45, 2.75) is 44.8 Å². The summed E-state index contributed by atoms with van der Waals surface area (Å²) in [5.74, 6) is 0.295. The number of fused-ring (bicyclic) bond motifs is 1. The Morgan fingerprint density at radius 2 is 1.93 bits per heavy atom. The Morgan fingerprint density at radius 3 is 2.74 bits per heavy atom. The minimum absolute atomic E-state index is 0.133. The van der Waals surface area contributed by atoms with Crippen LogP contribution in [0.3, 0.4) is 0 Å². The van der Waals surface area contributed by atoms with E-state index in [1.165, 1.54) is 16.5 Å². The molecule has 2 aromatic rings. The number of aryl methyl sites for hydroxylation is 1. The third-order valence-electron chi connectivity index (χ3n) is 6.80. The lowest BCUT2D eigenvalue weighted by molar-refractivity contribution is -0.129. The van der Waals surface area contributed by atoms with Gasteiger partial charge in [-0.25, -0.2) is 0 Å². The molecule has 27 heavy (non-hydrogen) atoms. The molecule has 0 bridgehead atoms. The number of aromatic nitrogens is 1. The van der Waals surface area contributed by atoms with Crippen LogP contribution in [-0.4, -0.2) is 71.0 Å². The molecule has 2 aliphatic rings. The van der Waals surface area contributed by atoms with Crippen LogP contribution in [0, 0.1) is 0 Å². The number of benzene rings is 1. The van der Waals surface area contributed by atoms with Gasteiger partial charge in [-0.3, -0.25) is 14.6 Å². The Balaban J connectivity index is 1.50. The molecule has 1 aromatic carbocycles. The van der Waals surface area contributed by atoms with Crippen molar-refractivity contribution in [2.75, 3.05) is 40.3 Å². The summed E-state index contributed by atoms with van der Waals surface area (Å²) in [5, 5.41) is 1.33. The summed E-state index contributed by atoms with van der Waals surface area (Å²) in [6, 6.07) is 9.11. The molecule has 2 aliphatic heterocycles. The molecule has 1 unspecified atom stereocenters. The second-order valence-electron chi connectivity index (χ2n) is 8.42. The molecule has 2 saturated heterocycles. The SMILES string of the molecule is CCn1ccc2cc(CN3CCN(C)C4(CCC(=O)N(C)CC4)C3)ccc21. The quantitative estimate of drug-likeness (QED) is 0.835. The van der Waals surface area contributed by atoms with E-state index in [-0.39, 0.29) is 5.54 Å². The molecule has 1 aromatic heterocycles. The number of hydrogen-bond acceptors (Lipinski definition) is 3. The zero-order chi connectivity index (χ0) is 19.0. The number of nitrogens with zero attached hydrogens (tertiary/aromatic N) is 4. The highest BCUT2D eigenvalue weighted by Gasteiger charge is 2.41. The summed E-state index contributed by atoms with van der Waals surface area (Å²) in [5.41, 5.74) is 2.84. The zero-order valence-corrected chi connectivity index (χ0v) is 16.9. The number of hydrogen-bond donors (Lipinski definition) is 0. The third-order valence-corrected chi connectivity index (χ3v) is 6.80. The highest BCUT2D eigenvalue weighted by Crippen LogP contribution is 2.32. The number of likely N-dealkylation sites (N-methyl/N-ethyl adjacent to an activating group) is 1. The second-order valence-corrected chi connectivity index (χ2v) is 8.42. The maximum atomic E-state index is 12.2. The Labute approximate surface area is 162 Å². The summed E-state index contributed by atoms with van der Waals surface area (Å²) < 4.78 is 2.29. The smallest absolute Gasteiger partial charge is 0.222 e. The van der Waals surface area contributed by atoms with Gasteiger partial charge in [-0.05, 0) is 56.0 Å². The molecule has 0 radical (unpaired) electrons. The molecular formula is C22H32N4O. The van der Waals surface area contributed by atoms with Gasteiger partial charge in [0.2, 0.25) is 5.91 Å². The van der Waals surface area contributed by atoms with Gasteiger partial charge in [0.1, 0.15) is 0 Å². The number of piperazine rings is 1. The van der Waals surface area contributed by atoms with E-state index in [1.54, 1.807) is 0 Å². The zero-order valence-electron chi connectivity index (χ0n) is 16.9. The molecule has 1 atom stereocenters. The van der Waals surface area contributed by atoms with Crippen molar-refractivity contribution in [1.29, 1.82) is 0 Å². The molecular weight excluding hydrogens is 336 g/mol. The number of carbonyl (C=O) groups is 1. The van der Waals surface area contributed by atoms with Crippen LogP contribution in [0.15, 0.2) is 30.5 Å². The molecule has 1 spiro atoms. The van der Waals surface area contributed by atoms with Gasteiger partial charge in [0, 0.05) is 70.0 Å². The van der Waals surface area contributed by atoms with E-state index in [0.717, 1.165) is 52.1 Å². The van der Waals surface area contributed by atoms with Crippen molar-refractivity contribution in [2.24, 2.45) is 0 Å². The summed E-state index contributed by atoms with van der Waals surface area (Å²) >= 11 is 0. The van der Waals surface area contributed by atoms with E-state index < -0.39 is 0 Å². The normalized spacial score (nSPS) is 25.4. The molecule has 0 N–H and O–H groups in total. The van der Waals surface area contributed by atoms with E-state index in [1.807, 2.05) is 11.9 Å². The van der Waals surface area contributed by atoms with Crippen LogP contribution in [0.25, 0.3) is 10.9 Å². The topological polar surface area (TPSA) is 31.7 Å². The van der Waals surface area contributed by atoms with Gasteiger partial charge < -0.3 is 9.47 Å². The van der Waals surface area contributed by atoms with Crippen LogP contribution in [0.5, 0.6) is 0 Å². The molecule has 1 amide bonds. The molecule has 5 nitrogen and oxygen atoms in total. The monoisotopic (exact) mass is 368 g/mol. The number of amides is 1. The second kappa shape index (κ2) is 7.28. The van der Waals surface area contributed by atoms with E-state index >= 15 is 0 Å². The lowest BCUT2D eigenvalue weighted by atomic mass is 9.86. The Bertz CT molecular complexity index is 829. The van der Waals surface area contributed by atoms with Crippen LogP contribution in [0.4, 0.5) is 0 Å². The van der Waals surface area contributed by atoms with Crippen molar-refractivity contribution in [3.8, 4) is 0 Å². The molecule has 0 aliphatic carbocycles. The highest BCUT2D eigenvalue weighted by molar-refractivity contribution is 5.80. The molecule has 5 heteroatoms. The van der Waals surface area contributed by atoms with Crippen molar-refractivity contribution < 1.29 is 4.79 Å². The largest absolute Gasteiger partial charge is 0.348 e. The maximum absolute atomic E-state index is 12.2. The van der Waals surface area contributed by atoms with Crippen molar-refractivity contribution in [3.05, 3.63) is 36.0 Å². The van der Waals surface area contributed by atoms with Crippen LogP contribution in [-0.2, 0) is 17.9 Å². The van der Waals surface area contributed by atoms with Crippen molar-refractivity contribution in [1.82, 2.24) is 19.3 Å². The molecule has 0 saturated carbocycles. The maximum Gasteiger partial charge on any atom is 0.222 e. The third kappa shape index (κ3) is 3.50. The average molecular weight is 369 g/mol. The van der Waals surface area contributed by atoms with Crippen LogP contribution in [0.2, 0.25) is 0 Å². The van der Waals surface area contributed by atoms with Gasteiger partial charge in [-0.2, -0.15) is 0 Å². The Morgan fingerprint density at radius 1 is 1.07 bits per heavy atom. The van der Waals surface area contributed by atoms with Crippen molar-refractivity contribution in [3.63, 3.8) is 0 Å². The standard InChI is InChI=1S/C22H32N4O/c1-4-26-11-8-19-15-18(5-6-20(19)26)16-25-14-13-24(3)22(17-25)9-7-21(27)23(2)12-10-22/h5-6,8,11,15H,4,7,9-10,12-14,16-17H2,1-3H3. The Hall–Kier alpha value is -1.85. The van der Waals surface area contributed by atoms with E-state index in [9.17, 15) is 4.79 Å². The van der Waals surface area contributed by atoms with Crippen LogP contribution >= 0.6 is 0 Å². The minimum atomic E-state index is 0.133. The average Bonchev–Trinajstić information content (AvgIpc) is 3.03.